The highest BCUT2D eigenvalue weighted by Crippen LogP contribution is 2.29. The van der Waals surface area contributed by atoms with Gasteiger partial charge >= 0.3 is 6.03 Å². The van der Waals surface area contributed by atoms with E-state index in [-0.39, 0.29) is 12.1 Å². The van der Waals surface area contributed by atoms with E-state index in [9.17, 15) is 4.79 Å². The standard InChI is InChI=1S/C17H23N3O/c1-3-8-18-17(21)19-12-5-6-13-14-9-11(2)4-7-15(14)20-16(13)10-12/h4,7,9,12,20H,3,5-6,8,10H2,1-2H3,(H2,18,19,21). The Bertz CT molecular complexity index is 659. The lowest BCUT2D eigenvalue weighted by Gasteiger charge is -2.23. The summed E-state index contributed by atoms with van der Waals surface area (Å²) in [4.78, 5) is 15.3. The minimum Gasteiger partial charge on any atom is -0.358 e. The highest BCUT2D eigenvalue weighted by atomic mass is 16.2. The number of H-pyrrole nitrogens is 1. The zero-order valence-corrected chi connectivity index (χ0v) is 12.8. The van der Waals surface area contributed by atoms with Gasteiger partial charge in [-0.1, -0.05) is 18.6 Å². The zero-order chi connectivity index (χ0) is 14.8. The Hall–Kier alpha value is -1.97. The summed E-state index contributed by atoms with van der Waals surface area (Å²) >= 11 is 0. The summed E-state index contributed by atoms with van der Waals surface area (Å²) in [5, 5.41) is 7.30. The molecule has 3 rings (SSSR count). The van der Waals surface area contributed by atoms with E-state index in [1.54, 1.807) is 0 Å². The average Bonchev–Trinajstić information content (AvgIpc) is 2.82. The second-order valence-corrected chi connectivity index (χ2v) is 5.97. The van der Waals surface area contributed by atoms with Crippen molar-refractivity contribution in [1.82, 2.24) is 15.6 Å². The van der Waals surface area contributed by atoms with Crippen molar-refractivity contribution in [3.8, 4) is 0 Å². The Labute approximate surface area is 125 Å². The molecule has 1 aromatic heterocycles. The van der Waals surface area contributed by atoms with Crippen LogP contribution in [0.15, 0.2) is 18.2 Å². The molecule has 0 saturated heterocycles. The maximum absolute atomic E-state index is 11.8. The third-order valence-electron chi connectivity index (χ3n) is 4.21. The first kappa shape index (κ1) is 14.0. The number of carbonyl (C=O) groups excluding carboxylic acids is 1. The number of hydrogen-bond acceptors (Lipinski definition) is 1. The number of rotatable bonds is 3. The van der Waals surface area contributed by atoms with Crippen LogP contribution in [0.1, 0.15) is 36.6 Å². The van der Waals surface area contributed by atoms with Crippen molar-refractivity contribution in [3.05, 3.63) is 35.0 Å². The molecule has 4 heteroatoms. The molecule has 4 nitrogen and oxygen atoms in total. The first-order valence-electron chi connectivity index (χ1n) is 7.82. The number of urea groups is 1. The fourth-order valence-corrected chi connectivity index (χ4v) is 3.14. The summed E-state index contributed by atoms with van der Waals surface area (Å²) in [6.07, 6.45) is 3.89. The first-order valence-corrected chi connectivity index (χ1v) is 7.82. The van der Waals surface area contributed by atoms with Gasteiger partial charge in [-0.3, -0.25) is 0 Å². The van der Waals surface area contributed by atoms with E-state index in [2.05, 4.69) is 47.7 Å². The zero-order valence-electron chi connectivity index (χ0n) is 12.8. The van der Waals surface area contributed by atoms with E-state index in [0.29, 0.717) is 0 Å². The van der Waals surface area contributed by atoms with Gasteiger partial charge in [0.05, 0.1) is 0 Å². The second-order valence-electron chi connectivity index (χ2n) is 5.97. The van der Waals surface area contributed by atoms with Crippen LogP contribution in [0.25, 0.3) is 10.9 Å². The molecule has 112 valence electrons. The molecule has 1 unspecified atom stereocenters. The number of carbonyl (C=O) groups is 1. The van der Waals surface area contributed by atoms with E-state index >= 15 is 0 Å². The normalized spacial score (nSPS) is 17.5. The third-order valence-corrected chi connectivity index (χ3v) is 4.21. The maximum atomic E-state index is 11.8. The summed E-state index contributed by atoms with van der Waals surface area (Å²) in [5.41, 5.74) is 5.22. The van der Waals surface area contributed by atoms with Crippen molar-refractivity contribution >= 4 is 16.9 Å². The molecule has 0 spiro atoms. The Morgan fingerprint density at radius 2 is 2.29 bits per heavy atom. The van der Waals surface area contributed by atoms with Crippen LogP contribution in [-0.4, -0.2) is 23.6 Å². The smallest absolute Gasteiger partial charge is 0.315 e. The number of hydrogen-bond donors (Lipinski definition) is 3. The molecule has 2 amide bonds. The van der Waals surface area contributed by atoms with Gasteiger partial charge in [0.25, 0.3) is 0 Å². The van der Waals surface area contributed by atoms with E-state index in [4.69, 9.17) is 0 Å². The fourth-order valence-electron chi connectivity index (χ4n) is 3.14. The lowest BCUT2D eigenvalue weighted by Crippen LogP contribution is -2.44. The predicted octanol–water partition coefficient (Wildman–Crippen LogP) is 3.04. The van der Waals surface area contributed by atoms with Crippen molar-refractivity contribution in [2.45, 2.75) is 45.6 Å². The third kappa shape index (κ3) is 2.89. The topological polar surface area (TPSA) is 56.9 Å². The molecule has 1 aliphatic carbocycles. The summed E-state index contributed by atoms with van der Waals surface area (Å²) in [6, 6.07) is 6.73. The van der Waals surface area contributed by atoms with Crippen LogP contribution in [0.2, 0.25) is 0 Å². The average molecular weight is 285 g/mol. The molecule has 3 N–H and O–H groups in total. The molecule has 1 heterocycles. The number of nitrogens with one attached hydrogen (secondary N) is 3. The van der Waals surface area contributed by atoms with Gasteiger partial charge in [0, 0.05) is 35.6 Å². The largest absolute Gasteiger partial charge is 0.358 e. The molecule has 1 aliphatic rings. The number of aryl methyl sites for hydroxylation is 2. The van der Waals surface area contributed by atoms with E-state index in [1.807, 2.05) is 0 Å². The fraction of sp³-hybridized carbons (Fsp3) is 0.471. The van der Waals surface area contributed by atoms with Gasteiger partial charge in [-0.15, -0.1) is 0 Å². The Morgan fingerprint density at radius 3 is 3.10 bits per heavy atom. The Kier molecular flexibility index (Phi) is 3.86. The van der Waals surface area contributed by atoms with Gasteiger partial charge in [0.15, 0.2) is 0 Å². The quantitative estimate of drug-likeness (QED) is 0.797. The minimum absolute atomic E-state index is 0.0442. The van der Waals surface area contributed by atoms with Crippen molar-refractivity contribution in [2.75, 3.05) is 6.54 Å². The van der Waals surface area contributed by atoms with E-state index < -0.39 is 0 Å². The van der Waals surface area contributed by atoms with Crippen molar-refractivity contribution in [2.24, 2.45) is 0 Å². The van der Waals surface area contributed by atoms with Gasteiger partial charge in [-0.05, 0) is 43.9 Å². The van der Waals surface area contributed by atoms with Crippen molar-refractivity contribution in [1.29, 1.82) is 0 Å². The summed E-state index contributed by atoms with van der Waals surface area (Å²) < 4.78 is 0. The minimum atomic E-state index is -0.0442. The molecular weight excluding hydrogens is 262 g/mol. The number of amides is 2. The lowest BCUT2D eigenvalue weighted by atomic mass is 9.91. The van der Waals surface area contributed by atoms with Crippen LogP contribution in [0.3, 0.4) is 0 Å². The molecular formula is C17H23N3O. The van der Waals surface area contributed by atoms with Crippen molar-refractivity contribution in [3.63, 3.8) is 0 Å². The van der Waals surface area contributed by atoms with Crippen LogP contribution in [-0.2, 0) is 12.8 Å². The molecule has 1 aromatic carbocycles. The summed E-state index contributed by atoms with van der Waals surface area (Å²) in [7, 11) is 0. The molecule has 0 fully saturated rings. The molecule has 0 aliphatic heterocycles. The van der Waals surface area contributed by atoms with Crippen LogP contribution in [0.5, 0.6) is 0 Å². The Balaban J connectivity index is 1.74. The van der Waals surface area contributed by atoms with Gasteiger partial charge < -0.3 is 15.6 Å². The Morgan fingerprint density at radius 1 is 1.43 bits per heavy atom. The van der Waals surface area contributed by atoms with Gasteiger partial charge in [-0.25, -0.2) is 4.79 Å². The maximum Gasteiger partial charge on any atom is 0.315 e. The first-order chi connectivity index (χ1) is 10.2. The number of benzene rings is 1. The number of aromatic nitrogens is 1. The summed E-state index contributed by atoms with van der Waals surface area (Å²) in [5.74, 6) is 0. The van der Waals surface area contributed by atoms with Crippen molar-refractivity contribution < 1.29 is 4.79 Å². The highest BCUT2D eigenvalue weighted by Gasteiger charge is 2.23. The monoisotopic (exact) mass is 285 g/mol. The number of fused-ring (bicyclic) bond motifs is 3. The van der Waals surface area contributed by atoms with Gasteiger partial charge in [-0.2, -0.15) is 0 Å². The van der Waals surface area contributed by atoms with E-state index in [1.165, 1.54) is 27.7 Å². The number of aromatic amines is 1. The SMILES string of the molecule is CCCNC(=O)NC1CCc2c([nH]c3ccc(C)cc23)C1. The molecule has 0 saturated carbocycles. The lowest BCUT2D eigenvalue weighted by molar-refractivity contribution is 0.235. The summed E-state index contributed by atoms with van der Waals surface area (Å²) in [6.45, 7) is 4.92. The van der Waals surface area contributed by atoms with Crippen LogP contribution in [0, 0.1) is 6.92 Å². The highest BCUT2D eigenvalue weighted by molar-refractivity contribution is 5.85. The molecule has 0 bridgehead atoms. The molecule has 2 aromatic rings. The molecule has 1 atom stereocenters. The van der Waals surface area contributed by atoms with Crippen LogP contribution < -0.4 is 10.6 Å². The van der Waals surface area contributed by atoms with E-state index in [0.717, 1.165) is 32.2 Å². The van der Waals surface area contributed by atoms with Gasteiger partial charge in [0.1, 0.15) is 0 Å². The van der Waals surface area contributed by atoms with Crippen LogP contribution >= 0.6 is 0 Å². The van der Waals surface area contributed by atoms with Gasteiger partial charge in [0.2, 0.25) is 0 Å². The molecule has 0 radical (unpaired) electrons. The van der Waals surface area contributed by atoms with Crippen LogP contribution in [0.4, 0.5) is 4.79 Å². The second kappa shape index (κ2) is 5.80. The molecule has 21 heavy (non-hydrogen) atoms. The predicted molar refractivity (Wildman–Crippen MR) is 85.7 cm³/mol.